The number of nitrogens with zero attached hydrogens (tertiary/aromatic N) is 3. The summed E-state index contributed by atoms with van der Waals surface area (Å²) in [6.45, 7) is 4.46. The number of aryl methyl sites for hydroxylation is 1. The van der Waals surface area contributed by atoms with Crippen LogP contribution in [0.4, 0.5) is 11.6 Å². The van der Waals surface area contributed by atoms with Crippen molar-refractivity contribution in [3.8, 4) is 11.5 Å². The van der Waals surface area contributed by atoms with Crippen LogP contribution in [0.15, 0.2) is 87.1 Å². The highest BCUT2D eigenvalue weighted by Gasteiger charge is 2.33. The van der Waals surface area contributed by atoms with E-state index in [-0.39, 0.29) is 21.7 Å². The lowest BCUT2D eigenvalue weighted by molar-refractivity contribution is 0.525. The van der Waals surface area contributed by atoms with E-state index in [9.17, 15) is 8.42 Å². The number of hydrogen-bond acceptors (Lipinski definition) is 6. The Hall–Kier alpha value is -3.00. The molecule has 2 heterocycles. The molecule has 4 aromatic rings. The molecule has 180 valence electrons. The molecular weight excluding hydrogens is 505 g/mol. The van der Waals surface area contributed by atoms with Gasteiger partial charge in [0.25, 0.3) is 0 Å². The molecule has 35 heavy (non-hydrogen) atoms. The Morgan fingerprint density at radius 1 is 0.829 bits per heavy atom. The molecule has 1 saturated heterocycles. The normalized spacial score (nSPS) is 14.4. The van der Waals surface area contributed by atoms with Gasteiger partial charge in [0.05, 0.1) is 4.90 Å². The van der Waals surface area contributed by atoms with E-state index in [1.54, 1.807) is 12.1 Å². The van der Waals surface area contributed by atoms with Crippen LogP contribution >= 0.6 is 23.2 Å². The second kappa shape index (κ2) is 9.57. The molecule has 0 spiro atoms. The van der Waals surface area contributed by atoms with E-state index < -0.39 is 9.84 Å². The first-order chi connectivity index (χ1) is 16.8. The molecule has 0 amide bonds. The number of oxazole rings is 1. The van der Waals surface area contributed by atoms with Crippen LogP contribution in [0.3, 0.4) is 0 Å². The van der Waals surface area contributed by atoms with Crippen molar-refractivity contribution in [2.24, 2.45) is 0 Å². The number of halogens is 2. The SMILES string of the molecule is Cc1cccc(-c2nc(S(=O)(=O)c3ccc(Cl)cc3)c(N3CCN(c4cccc(Cl)c4)CC3)o2)c1. The highest BCUT2D eigenvalue weighted by Crippen LogP contribution is 2.36. The van der Waals surface area contributed by atoms with Gasteiger partial charge in [-0.25, -0.2) is 8.42 Å². The first-order valence-electron chi connectivity index (χ1n) is 11.2. The number of sulfone groups is 1. The number of hydrogen-bond donors (Lipinski definition) is 0. The zero-order valence-electron chi connectivity index (χ0n) is 19.0. The van der Waals surface area contributed by atoms with E-state index in [2.05, 4.69) is 9.88 Å². The second-order valence-electron chi connectivity index (χ2n) is 8.41. The Kier molecular flexibility index (Phi) is 6.49. The van der Waals surface area contributed by atoms with Crippen molar-refractivity contribution in [3.63, 3.8) is 0 Å². The van der Waals surface area contributed by atoms with Crippen LogP contribution in [0.25, 0.3) is 11.5 Å². The predicted octanol–water partition coefficient (Wildman–Crippen LogP) is 6.12. The summed E-state index contributed by atoms with van der Waals surface area (Å²) in [7, 11) is -3.94. The van der Waals surface area contributed by atoms with Crippen LogP contribution in [0.2, 0.25) is 10.0 Å². The van der Waals surface area contributed by atoms with E-state index in [1.807, 2.05) is 60.4 Å². The van der Waals surface area contributed by atoms with Gasteiger partial charge in [0, 0.05) is 47.5 Å². The summed E-state index contributed by atoms with van der Waals surface area (Å²) in [6, 6.07) is 21.4. The lowest BCUT2D eigenvalue weighted by atomic mass is 10.1. The van der Waals surface area contributed by atoms with Crippen molar-refractivity contribution in [3.05, 3.63) is 88.4 Å². The van der Waals surface area contributed by atoms with Crippen LogP contribution < -0.4 is 9.80 Å². The van der Waals surface area contributed by atoms with E-state index in [1.165, 1.54) is 12.1 Å². The van der Waals surface area contributed by atoms with Gasteiger partial charge < -0.3 is 14.2 Å². The largest absolute Gasteiger partial charge is 0.419 e. The minimum atomic E-state index is -3.94. The van der Waals surface area contributed by atoms with E-state index in [0.717, 1.165) is 16.8 Å². The van der Waals surface area contributed by atoms with Crippen molar-refractivity contribution in [2.45, 2.75) is 16.8 Å². The first-order valence-corrected chi connectivity index (χ1v) is 13.4. The van der Waals surface area contributed by atoms with Gasteiger partial charge in [0.1, 0.15) is 0 Å². The highest BCUT2D eigenvalue weighted by molar-refractivity contribution is 7.91. The Bertz CT molecular complexity index is 1460. The molecule has 3 aromatic carbocycles. The Labute approximate surface area is 214 Å². The molecular formula is C26H23Cl2N3O3S. The van der Waals surface area contributed by atoms with E-state index in [4.69, 9.17) is 27.6 Å². The topological polar surface area (TPSA) is 66.7 Å². The number of aromatic nitrogens is 1. The number of rotatable bonds is 5. The summed E-state index contributed by atoms with van der Waals surface area (Å²) in [5.74, 6) is 0.524. The zero-order chi connectivity index (χ0) is 24.6. The van der Waals surface area contributed by atoms with Crippen molar-refractivity contribution < 1.29 is 12.8 Å². The fourth-order valence-corrected chi connectivity index (χ4v) is 5.77. The maximum Gasteiger partial charge on any atom is 0.236 e. The lowest BCUT2D eigenvalue weighted by Crippen LogP contribution is -2.46. The molecule has 9 heteroatoms. The second-order valence-corrected chi connectivity index (χ2v) is 11.1. The number of benzene rings is 3. The van der Waals surface area contributed by atoms with Crippen LogP contribution in [-0.2, 0) is 9.84 Å². The summed E-state index contributed by atoms with van der Waals surface area (Å²) in [6.07, 6.45) is 0. The quantitative estimate of drug-likeness (QED) is 0.311. The third-order valence-electron chi connectivity index (χ3n) is 5.96. The Balaban J connectivity index is 1.51. The van der Waals surface area contributed by atoms with Gasteiger partial charge in [-0.15, -0.1) is 0 Å². The Morgan fingerprint density at radius 2 is 1.51 bits per heavy atom. The summed E-state index contributed by atoms with van der Waals surface area (Å²) in [5.41, 5.74) is 2.78. The average Bonchev–Trinajstić information content (AvgIpc) is 3.31. The maximum absolute atomic E-state index is 13.6. The van der Waals surface area contributed by atoms with Crippen molar-refractivity contribution >= 4 is 44.6 Å². The van der Waals surface area contributed by atoms with Gasteiger partial charge in [-0.3, -0.25) is 0 Å². The molecule has 0 N–H and O–H groups in total. The summed E-state index contributed by atoms with van der Waals surface area (Å²) >= 11 is 12.1. The van der Waals surface area contributed by atoms with Gasteiger partial charge in [0.15, 0.2) is 0 Å². The monoisotopic (exact) mass is 527 g/mol. The minimum absolute atomic E-state index is 0.0902. The van der Waals surface area contributed by atoms with Gasteiger partial charge >= 0.3 is 0 Å². The molecule has 1 aliphatic rings. The van der Waals surface area contributed by atoms with Gasteiger partial charge in [-0.05, 0) is 61.5 Å². The Morgan fingerprint density at radius 3 is 2.20 bits per heavy atom. The molecule has 0 unspecified atom stereocenters. The van der Waals surface area contributed by atoms with E-state index >= 15 is 0 Å². The van der Waals surface area contributed by atoms with E-state index in [0.29, 0.717) is 36.2 Å². The van der Waals surface area contributed by atoms with Crippen molar-refractivity contribution in [1.29, 1.82) is 0 Å². The summed E-state index contributed by atoms with van der Waals surface area (Å²) in [4.78, 5) is 8.77. The highest BCUT2D eigenvalue weighted by atomic mass is 35.5. The average molecular weight is 528 g/mol. The molecule has 0 atom stereocenters. The number of anilines is 2. The molecule has 5 rings (SSSR count). The van der Waals surface area contributed by atoms with Crippen molar-refractivity contribution in [1.82, 2.24) is 4.98 Å². The van der Waals surface area contributed by atoms with Crippen LogP contribution in [0.1, 0.15) is 5.56 Å². The third kappa shape index (κ3) is 4.89. The van der Waals surface area contributed by atoms with Crippen LogP contribution in [0, 0.1) is 6.92 Å². The third-order valence-corrected chi connectivity index (χ3v) is 8.12. The predicted molar refractivity (Wildman–Crippen MR) is 139 cm³/mol. The first kappa shape index (κ1) is 23.7. The van der Waals surface area contributed by atoms with Crippen LogP contribution in [-0.4, -0.2) is 39.6 Å². The molecule has 1 aromatic heterocycles. The van der Waals surface area contributed by atoms with Gasteiger partial charge in [-0.1, -0.05) is 47.0 Å². The molecule has 1 aliphatic heterocycles. The minimum Gasteiger partial charge on any atom is -0.419 e. The fourth-order valence-electron chi connectivity index (χ4n) is 4.14. The van der Waals surface area contributed by atoms with Gasteiger partial charge in [-0.2, -0.15) is 4.98 Å². The fraction of sp³-hybridized carbons (Fsp3) is 0.192. The smallest absolute Gasteiger partial charge is 0.236 e. The molecule has 0 aliphatic carbocycles. The lowest BCUT2D eigenvalue weighted by Gasteiger charge is -2.36. The summed E-state index contributed by atoms with van der Waals surface area (Å²) < 4.78 is 33.4. The maximum atomic E-state index is 13.6. The van der Waals surface area contributed by atoms with Crippen molar-refractivity contribution in [2.75, 3.05) is 36.0 Å². The molecule has 1 fully saturated rings. The standard InChI is InChI=1S/C26H23Cl2N3O3S/c1-18-4-2-5-19(16-18)24-29-25(35(32,33)23-10-8-20(27)9-11-23)26(34-24)31-14-12-30(13-15-31)22-7-3-6-21(28)17-22/h2-11,16-17H,12-15H2,1H3. The summed E-state index contributed by atoms with van der Waals surface area (Å²) in [5, 5.41) is 1.05. The molecule has 0 saturated carbocycles. The zero-order valence-corrected chi connectivity index (χ0v) is 21.3. The molecule has 0 bridgehead atoms. The number of piperazine rings is 1. The van der Waals surface area contributed by atoms with Crippen LogP contribution in [0.5, 0.6) is 0 Å². The van der Waals surface area contributed by atoms with Gasteiger partial charge in [0.2, 0.25) is 26.6 Å². The molecule has 6 nitrogen and oxygen atoms in total. The molecule has 0 radical (unpaired) electrons.